The summed E-state index contributed by atoms with van der Waals surface area (Å²) < 4.78 is 16.0. The van der Waals surface area contributed by atoms with Gasteiger partial charge < -0.3 is 9.67 Å². The van der Waals surface area contributed by atoms with Gasteiger partial charge in [-0.25, -0.2) is 4.39 Å². The SMILES string of the molecule is Cc1ccc(C[C@H](O)[C@H](c2cccc(F)c2)n2ccc3ccccc32)cc1. The second kappa shape index (κ2) is 7.37. The summed E-state index contributed by atoms with van der Waals surface area (Å²) in [7, 11) is 0. The van der Waals surface area contributed by atoms with Crippen LogP contribution in [0.3, 0.4) is 0 Å². The molecule has 4 aromatic rings. The van der Waals surface area contributed by atoms with Gasteiger partial charge in [-0.1, -0.05) is 60.2 Å². The molecule has 2 nitrogen and oxygen atoms in total. The van der Waals surface area contributed by atoms with Crippen molar-refractivity contribution in [1.29, 1.82) is 0 Å². The third kappa shape index (κ3) is 3.64. The third-order valence-corrected chi connectivity index (χ3v) is 5.05. The number of halogens is 1. The average Bonchev–Trinajstić information content (AvgIpc) is 3.08. The summed E-state index contributed by atoms with van der Waals surface area (Å²) in [6, 6.07) is 24.4. The highest BCUT2D eigenvalue weighted by molar-refractivity contribution is 5.80. The van der Waals surface area contributed by atoms with Gasteiger partial charge in [0.25, 0.3) is 0 Å². The van der Waals surface area contributed by atoms with Crippen LogP contribution in [0.15, 0.2) is 85.1 Å². The number of rotatable bonds is 5. The quantitative estimate of drug-likeness (QED) is 0.515. The van der Waals surface area contributed by atoms with Crippen molar-refractivity contribution in [2.75, 3.05) is 0 Å². The Morgan fingerprint density at radius 1 is 0.926 bits per heavy atom. The molecule has 0 saturated heterocycles. The van der Waals surface area contributed by atoms with Crippen LogP contribution in [0.5, 0.6) is 0 Å². The molecule has 1 aromatic heterocycles. The van der Waals surface area contributed by atoms with Gasteiger partial charge in [0.15, 0.2) is 0 Å². The molecule has 3 heteroatoms. The van der Waals surface area contributed by atoms with Crippen LogP contribution < -0.4 is 0 Å². The molecule has 2 atom stereocenters. The van der Waals surface area contributed by atoms with E-state index in [1.54, 1.807) is 6.07 Å². The summed E-state index contributed by atoms with van der Waals surface area (Å²) in [6.07, 6.45) is 1.78. The molecule has 1 heterocycles. The Kier molecular flexibility index (Phi) is 4.78. The first kappa shape index (κ1) is 17.5. The lowest BCUT2D eigenvalue weighted by Crippen LogP contribution is -2.27. The molecule has 3 aromatic carbocycles. The number of hydrogen-bond donors (Lipinski definition) is 1. The van der Waals surface area contributed by atoms with E-state index in [9.17, 15) is 9.50 Å². The van der Waals surface area contributed by atoms with Crippen molar-refractivity contribution in [2.24, 2.45) is 0 Å². The van der Waals surface area contributed by atoms with E-state index in [0.717, 1.165) is 22.0 Å². The lowest BCUT2D eigenvalue weighted by atomic mass is 9.95. The molecule has 0 unspecified atom stereocenters. The van der Waals surface area contributed by atoms with Crippen molar-refractivity contribution < 1.29 is 9.50 Å². The zero-order valence-electron chi connectivity index (χ0n) is 15.2. The summed E-state index contributed by atoms with van der Waals surface area (Å²) in [5.41, 5.74) is 4.03. The van der Waals surface area contributed by atoms with E-state index < -0.39 is 6.10 Å². The number of aryl methyl sites for hydroxylation is 1. The Labute approximate surface area is 158 Å². The molecule has 0 saturated carbocycles. The minimum absolute atomic E-state index is 0.295. The minimum Gasteiger partial charge on any atom is -0.390 e. The number of fused-ring (bicyclic) bond motifs is 1. The Morgan fingerprint density at radius 2 is 1.70 bits per heavy atom. The van der Waals surface area contributed by atoms with Crippen molar-refractivity contribution in [1.82, 2.24) is 4.57 Å². The fourth-order valence-corrected chi connectivity index (χ4v) is 3.68. The van der Waals surface area contributed by atoms with E-state index in [-0.39, 0.29) is 11.9 Å². The van der Waals surface area contributed by atoms with Gasteiger partial charge in [0, 0.05) is 18.1 Å². The lowest BCUT2D eigenvalue weighted by molar-refractivity contribution is 0.132. The Hall–Kier alpha value is -2.91. The summed E-state index contributed by atoms with van der Waals surface area (Å²) in [5, 5.41) is 12.3. The first-order valence-corrected chi connectivity index (χ1v) is 9.16. The van der Waals surface area contributed by atoms with Gasteiger partial charge in [-0.15, -0.1) is 0 Å². The predicted molar refractivity (Wildman–Crippen MR) is 107 cm³/mol. The van der Waals surface area contributed by atoms with E-state index >= 15 is 0 Å². The van der Waals surface area contributed by atoms with Gasteiger partial charge in [-0.3, -0.25) is 0 Å². The number of hydrogen-bond acceptors (Lipinski definition) is 1. The van der Waals surface area contributed by atoms with E-state index in [1.807, 2.05) is 78.4 Å². The molecule has 0 aliphatic heterocycles. The summed E-state index contributed by atoms with van der Waals surface area (Å²) in [6.45, 7) is 2.04. The highest BCUT2D eigenvalue weighted by Crippen LogP contribution is 2.30. The van der Waals surface area contributed by atoms with Gasteiger partial charge in [0.1, 0.15) is 5.82 Å². The normalized spacial score (nSPS) is 13.6. The molecule has 0 aliphatic rings. The van der Waals surface area contributed by atoms with Crippen LogP contribution in [-0.4, -0.2) is 15.8 Å². The van der Waals surface area contributed by atoms with Crippen LogP contribution in [0.4, 0.5) is 4.39 Å². The van der Waals surface area contributed by atoms with E-state index in [1.165, 1.54) is 17.7 Å². The number of benzene rings is 3. The van der Waals surface area contributed by atoms with Crippen LogP contribution in [0.2, 0.25) is 0 Å². The first-order valence-electron chi connectivity index (χ1n) is 9.16. The Bertz CT molecular complexity index is 1050. The van der Waals surface area contributed by atoms with Crippen molar-refractivity contribution >= 4 is 10.9 Å². The van der Waals surface area contributed by atoms with Gasteiger partial charge in [-0.2, -0.15) is 0 Å². The van der Waals surface area contributed by atoms with Crippen LogP contribution >= 0.6 is 0 Å². The standard InChI is InChI=1S/C24H22FNO/c1-17-9-11-18(12-10-17)15-23(27)24(20-6-4-7-21(25)16-20)26-14-13-19-5-2-3-8-22(19)26/h2-14,16,23-24,27H,15H2,1H3/t23-,24-/m0/s1. The molecule has 0 bridgehead atoms. The molecule has 0 aliphatic carbocycles. The summed E-state index contributed by atoms with van der Waals surface area (Å²) >= 11 is 0. The fourth-order valence-electron chi connectivity index (χ4n) is 3.68. The van der Waals surface area contributed by atoms with Gasteiger partial charge in [0.2, 0.25) is 0 Å². The molecule has 27 heavy (non-hydrogen) atoms. The molecule has 0 fully saturated rings. The monoisotopic (exact) mass is 359 g/mol. The number of aromatic nitrogens is 1. The smallest absolute Gasteiger partial charge is 0.123 e. The lowest BCUT2D eigenvalue weighted by Gasteiger charge is -2.26. The Balaban J connectivity index is 1.77. The highest BCUT2D eigenvalue weighted by Gasteiger charge is 2.25. The number of aliphatic hydroxyl groups excluding tert-OH is 1. The number of nitrogens with zero attached hydrogens (tertiary/aromatic N) is 1. The molecule has 1 N–H and O–H groups in total. The first-order chi connectivity index (χ1) is 13.1. The van der Waals surface area contributed by atoms with Gasteiger partial charge in [0.05, 0.1) is 12.1 Å². The highest BCUT2D eigenvalue weighted by atomic mass is 19.1. The van der Waals surface area contributed by atoms with Gasteiger partial charge >= 0.3 is 0 Å². The van der Waals surface area contributed by atoms with E-state index in [4.69, 9.17) is 0 Å². The maximum Gasteiger partial charge on any atom is 0.123 e. The second-order valence-corrected chi connectivity index (χ2v) is 7.04. The maximum absolute atomic E-state index is 13.9. The van der Waals surface area contributed by atoms with Crippen LogP contribution in [0, 0.1) is 12.7 Å². The third-order valence-electron chi connectivity index (χ3n) is 5.05. The van der Waals surface area contributed by atoms with Gasteiger partial charge in [-0.05, 0) is 47.7 Å². The van der Waals surface area contributed by atoms with E-state index in [2.05, 4.69) is 0 Å². The largest absolute Gasteiger partial charge is 0.390 e. The maximum atomic E-state index is 13.9. The van der Waals surface area contributed by atoms with Crippen molar-refractivity contribution in [2.45, 2.75) is 25.5 Å². The number of para-hydroxylation sites is 1. The summed E-state index contributed by atoms with van der Waals surface area (Å²) in [5.74, 6) is -0.295. The van der Waals surface area contributed by atoms with Crippen molar-refractivity contribution in [3.05, 3.63) is 108 Å². The zero-order valence-corrected chi connectivity index (χ0v) is 15.2. The second-order valence-electron chi connectivity index (χ2n) is 7.04. The van der Waals surface area contributed by atoms with Crippen LogP contribution in [0.1, 0.15) is 22.7 Å². The predicted octanol–water partition coefficient (Wildman–Crippen LogP) is 5.28. The topological polar surface area (TPSA) is 25.2 Å². The molecular formula is C24H22FNO. The molecule has 0 amide bonds. The summed E-state index contributed by atoms with van der Waals surface area (Å²) in [4.78, 5) is 0. The van der Waals surface area contributed by atoms with Crippen LogP contribution in [0.25, 0.3) is 10.9 Å². The Morgan fingerprint density at radius 3 is 2.48 bits per heavy atom. The fraction of sp³-hybridized carbons (Fsp3) is 0.167. The number of aliphatic hydroxyl groups is 1. The molecule has 0 spiro atoms. The average molecular weight is 359 g/mol. The molecular weight excluding hydrogens is 337 g/mol. The minimum atomic E-state index is -0.690. The molecule has 0 radical (unpaired) electrons. The van der Waals surface area contributed by atoms with Crippen molar-refractivity contribution in [3.63, 3.8) is 0 Å². The zero-order chi connectivity index (χ0) is 18.8. The van der Waals surface area contributed by atoms with Crippen molar-refractivity contribution in [3.8, 4) is 0 Å². The molecule has 4 rings (SSSR count). The van der Waals surface area contributed by atoms with E-state index in [0.29, 0.717) is 6.42 Å². The molecule has 136 valence electrons. The van der Waals surface area contributed by atoms with Crippen LogP contribution in [-0.2, 0) is 6.42 Å².